The van der Waals surface area contributed by atoms with Crippen LogP contribution in [0.25, 0.3) is 0 Å². The second-order valence-corrected chi connectivity index (χ2v) is 5.44. The Morgan fingerprint density at radius 3 is 3.19 bits per heavy atom. The number of piperidine rings is 2. The van der Waals surface area contributed by atoms with E-state index in [0.717, 1.165) is 32.5 Å². The maximum absolute atomic E-state index is 12.1. The normalized spacial score (nSPS) is 38.1. The van der Waals surface area contributed by atoms with E-state index in [0.29, 0.717) is 17.9 Å². The number of fused-ring (bicyclic) bond motifs is 4. The molecule has 0 aromatic rings. The fourth-order valence-corrected chi connectivity index (χ4v) is 3.53. The number of hydrogen-bond donors (Lipinski definition) is 1. The predicted molar refractivity (Wildman–Crippen MR) is 63.0 cm³/mol. The molecular formula is C13H20N2O. The lowest BCUT2D eigenvalue weighted by Gasteiger charge is -2.49. The number of nitrogens with zero attached hydrogens (tertiary/aromatic N) is 1. The molecule has 88 valence electrons. The molecule has 0 aromatic heterocycles. The van der Waals surface area contributed by atoms with Gasteiger partial charge in [-0.05, 0) is 44.2 Å². The lowest BCUT2D eigenvalue weighted by Crippen LogP contribution is -2.59. The molecule has 3 heterocycles. The Balaban J connectivity index is 1.86. The zero-order valence-electron chi connectivity index (χ0n) is 9.91. The Kier molecular flexibility index (Phi) is 2.51. The Labute approximate surface area is 96.9 Å². The van der Waals surface area contributed by atoms with Crippen molar-refractivity contribution < 1.29 is 4.79 Å². The molecule has 3 atom stereocenters. The number of carbonyl (C=O) groups excluding carboxylic acids is 1. The smallest absolute Gasteiger partial charge is 0.246 e. The molecule has 3 aliphatic rings. The minimum absolute atomic E-state index is 0.268. The summed E-state index contributed by atoms with van der Waals surface area (Å²) >= 11 is 0. The van der Waals surface area contributed by atoms with Gasteiger partial charge in [0, 0.05) is 18.7 Å². The summed E-state index contributed by atoms with van der Waals surface area (Å²) in [5.74, 6) is 1.65. The van der Waals surface area contributed by atoms with Gasteiger partial charge < -0.3 is 10.2 Å². The van der Waals surface area contributed by atoms with Crippen molar-refractivity contribution in [3.63, 3.8) is 0 Å². The van der Waals surface area contributed by atoms with Crippen LogP contribution in [0.15, 0.2) is 11.6 Å². The van der Waals surface area contributed by atoms with Gasteiger partial charge in [-0.3, -0.25) is 4.79 Å². The van der Waals surface area contributed by atoms with Crippen molar-refractivity contribution in [1.29, 1.82) is 0 Å². The molecule has 0 spiro atoms. The van der Waals surface area contributed by atoms with Gasteiger partial charge in [0.2, 0.25) is 5.91 Å². The Morgan fingerprint density at radius 1 is 1.50 bits per heavy atom. The summed E-state index contributed by atoms with van der Waals surface area (Å²) in [6.07, 6.45) is 5.34. The third-order valence-corrected chi connectivity index (χ3v) is 4.41. The van der Waals surface area contributed by atoms with Crippen molar-refractivity contribution in [3.05, 3.63) is 11.6 Å². The fourth-order valence-electron chi connectivity index (χ4n) is 3.53. The summed E-state index contributed by atoms with van der Waals surface area (Å²) in [5, 5.41) is 3.51. The van der Waals surface area contributed by atoms with Crippen molar-refractivity contribution in [3.8, 4) is 0 Å². The fraction of sp³-hybridized carbons (Fsp3) is 0.769. The van der Waals surface area contributed by atoms with E-state index in [2.05, 4.69) is 17.1 Å². The number of nitrogens with one attached hydrogen (secondary N) is 1. The van der Waals surface area contributed by atoms with Gasteiger partial charge in [0.1, 0.15) is 0 Å². The van der Waals surface area contributed by atoms with Crippen LogP contribution in [0.4, 0.5) is 0 Å². The van der Waals surface area contributed by atoms with E-state index in [1.165, 1.54) is 12.0 Å². The minimum Gasteiger partial charge on any atom is -0.335 e. The zero-order chi connectivity index (χ0) is 11.1. The SMILES string of the molecule is CCC1=CC(=O)N2CC3CNC[C@H](C3)[C@@H]2C1. The highest BCUT2D eigenvalue weighted by Gasteiger charge is 2.41. The minimum atomic E-state index is 0.268. The molecule has 1 unspecified atom stereocenters. The summed E-state index contributed by atoms with van der Waals surface area (Å²) in [6.45, 7) is 5.32. The molecule has 3 heteroatoms. The molecular weight excluding hydrogens is 200 g/mol. The quantitative estimate of drug-likeness (QED) is 0.719. The molecule has 0 aliphatic carbocycles. The molecule has 1 N–H and O–H groups in total. The first kappa shape index (κ1) is 10.3. The van der Waals surface area contributed by atoms with Gasteiger partial charge >= 0.3 is 0 Å². The molecule has 3 nitrogen and oxygen atoms in total. The summed E-state index contributed by atoms with van der Waals surface area (Å²) < 4.78 is 0. The highest BCUT2D eigenvalue weighted by atomic mass is 16.2. The van der Waals surface area contributed by atoms with E-state index in [1.54, 1.807) is 0 Å². The van der Waals surface area contributed by atoms with Gasteiger partial charge in [0.15, 0.2) is 0 Å². The van der Waals surface area contributed by atoms with Gasteiger partial charge in [0.05, 0.1) is 0 Å². The van der Waals surface area contributed by atoms with Crippen molar-refractivity contribution in [2.24, 2.45) is 11.8 Å². The molecule has 2 saturated heterocycles. The second-order valence-electron chi connectivity index (χ2n) is 5.44. The molecule has 3 aliphatic heterocycles. The number of hydrogen-bond acceptors (Lipinski definition) is 2. The average molecular weight is 220 g/mol. The summed E-state index contributed by atoms with van der Waals surface area (Å²) in [4.78, 5) is 14.2. The Hall–Kier alpha value is -0.830. The maximum Gasteiger partial charge on any atom is 0.246 e. The standard InChI is InChI=1S/C13H20N2O/c1-2-9-4-12-11-3-10(6-14-7-11)8-15(12)13(16)5-9/h5,10-12,14H,2-4,6-8H2,1H3/t10?,11-,12-/m0/s1. The van der Waals surface area contributed by atoms with Gasteiger partial charge in [-0.1, -0.05) is 12.5 Å². The van der Waals surface area contributed by atoms with E-state index in [4.69, 9.17) is 0 Å². The largest absolute Gasteiger partial charge is 0.335 e. The van der Waals surface area contributed by atoms with E-state index < -0.39 is 0 Å². The molecule has 1 amide bonds. The highest BCUT2D eigenvalue weighted by molar-refractivity contribution is 5.89. The van der Waals surface area contributed by atoms with E-state index in [1.807, 2.05) is 6.08 Å². The summed E-state index contributed by atoms with van der Waals surface area (Å²) in [7, 11) is 0. The van der Waals surface area contributed by atoms with Crippen molar-refractivity contribution in [2.45, 2.75) is 32.2 Å². The van der Waals surface area contributed by atoms with Crippen LogP contribution in [-0.4, -0.2) is 36.5 Å². The predicted octanol–water partition coefficient (Wildman–Crippen LogP) is 1.16. The molecule has 0 saturated carbocycles. The lowest BCUT2D eigenvalue weighted by atomic mass is 9.76. The molecule has 0 aromatic carbocycles. The topological polar surface area (TPSA) is 32.3 Å². The van der Waals surface area contributed by atoms with E-state index in [9.17, 15) is 4.79 Å². The number of carbonyl (C=O) groups is 1. The molecule has 16 heavy (non-hydrogen) atoms. The molecule has 0 radical (unpaired) electrons. The van der Waals surface area contributed by atoms with Crippen LogP contribution < -0.4 is 5.32 Å². The van der Waals surface area contributed by atoms with Crippen LogP contribution in [0.1, 0.15) is 26.2 Å². The first-order valence-electron chi connectivity index (χ1n) is 6.48. The summed E-state index contributed by atoms with van der Waals surface area (Å²) in [6, 6.07) is 0.483. The third kappa shape index (κ3) is 1.58. The van der Waals surface area contributed by atoms with E-state index in [-0.39, 0.29) is 5.91 Å². The van der Waals surface area contributed by atoms with Gasteiger partial charge in [-0.25, -0.2) is 0 Å². The van der Waals surface area contributed by atoms with Crippen molar-refractivity contribution in [1.82, 2.24) is 10.2 Å². The van der Waals surface area contributed by atoms with Crippen LogP contribution in [0, 0.1) is 11.8 Å². The molecule has 2 bridgehead atoms. The maximum atomic E-state index is 12.1. The number of amides is 1. The van der Waals surface area contributed by atoms with Crippen molar-refractivity contribution in [2.75, 3.05) is 19.6 Å². The zero-order valence-corrected chi connectivity index (χ0v) is 9.91. The highest BCUT2D eigenvalue weighted by Crippen LogP contribution is 2.36. The molecule has 2 fully saturated rings. The summed E-state index contributed by atoms with van der Waals surface area (Å²) in [5.41, 5.74) is 1.34. The van der Waals surface area contributed by atoms with Crippen LogP contribution in [-0.2, 0) is 4.79 Å². The van der Waals surface area contributed by atoms with Crippen LogP contribution in [0.3, 0.4) is 0 Å². The first-order chi connectivity index (χ1) is 7.78. The van der Waals surface area contributed by atoms with Crippen molar-refractivity contribution >= 4 is 5.91 Å². The lowest BCUT2D eigenvalue weighted by molar-refractivity contribution is -0.134. The van der Waals surface area contributed by atoms with Gasteiger partial charge in [0.25, 0.3) is 0 Å². The van der Waals surface area contributed by atoms with Gasteiger partial charge in [-0.2, -0.15) is 0 Å². The number of rotatable bonds is 1. The monoisotopic (exact) mass is 220 g/mol. The third-order valence-electron chi connectivity index (χ3n) is 4.41. The van der Waals surface area contributed by atoms with E-state index >= 15 is 0 Å². The first-order valence-corrected chi connectivity index (χ1v) is 6.48. The van der Waals surface area contributed by atoms with Crippen LogP contribution in [0.2, 0.25) is 0 Å². The average Bonchev–Trinajstić information content (AvgIpc) is 2.31. The molecule has 3 rings (SSSR count). The van der Waals surface area contributed by atoms with Crippen LogP contribution >= 0.6 is 0 Å². The second kappa shape index (κ2) is 3.88. The van der Waals surface area contributed by atoms with Gasteiger partial charge in [-0.15, -0.1) is 0 Å². The Bertz CT molecular complexity index is 337. The van der Waals surface area contributed by atoms with Crippen LogP contribution in [0.5, 0.6) is 0 Å². The Morgan fingerprint density at radius 2 is 2.38 bits per heavy atom.